The number of hydrogen-bond donors (Lipinski definition) is 0. The van der Waals surface area contributed by atoms with Crippen LogP contribution in [0.1, 0.15) is 35.8 Å². The van der Waals surface area contributed by atoms with E-state index in [0.717, 1.165) is 30.7 Å². The zero-order chi connectivity index (χ0) is 20.1. The summed E-state index contributed by atoms with van der Waals surface area (Å²) < 4.78 is 18.5. The Hall–Kier alpha value is -3.21. The van der Waals surface area contributed by atoms with Crippen LogP contribution < -0.4 is 4.74 Å². The van der Waals surface area contributed by atoms with E-state index < -0.39 is 0 Å². The lowest BCUT2D eigenvalue weighted by atomic mass is 10.1. The van der Waals surface area contributed by atoms with E-state index in [1.807, 2.05) is 41.3 Å². The molecule has 4 nitrogen and oxygen atoms in total. The first kappa shape index (κ1) is 19.1. The molecule has 0 saturated carbocycles. The number of amides is 1. The summed E-state index contributed by atoms with van der Waals surface area (Å²) in [6.45, 7) is 0.632. The van der Waals surface area contributed by atoms with Gasteiger partial charge in [0.2, 0.25) is 0 Å². The van der Waals surface area contributed by atoms with E-state index in [0.29, 0.717) is 12.3 Å². The Morgan fingerprint density at radius 3 is 2.62 bits per heavy atom. The fourth-order valence-corrected chi connectivity index (χ4v) is 3.72. The minimum atomic E-state index is -0.329. The van der Waals surface area contributed by atoms with Gasteiger partial charge in [-0.25, -0.2) is 4.39 Å². The molecule has 5 heteroatoms. The minimum Gasteiger partial charge on any atom is -0.484 e. The van der Waals surface area contributed by atoms with Crippen molar-refractivity contribution < 1.29 is 13.9 Å². The van der Waals surface area contributed by atoms with Gasteiger partial charge in [-0.3, -0.25) is 9.78 Å². The highest BCUT2D eigenvalue weighted by Crippen LogP contribution is 2.31. The second-order valence-electron chi connectivity index (χ2n) is 7.20. The largest absolute Gasteiger partial charge is 0.484 e. The Bertz CT molecular complexity index is 960. The van der Waals surface area contributed by atoms with Crippen molar-refractivity contribution in [2.45, 2.75) is 25.3 Å². The Labute approximate surface area is 170 Å². The molecule has 1 aliphatic rings. The number of halogens is 1. The maximum Gasteiger partial charge on any atom is 0.261 e. The molecule has 4 rings (SSSR count). The quantitative estimate of drug-likeness (QED) is 0.620. The molecule has 0 bridgehead atoms. The normalized spacial score (nSPS) is 16.0. The molecule has 1 amide bonds. The third kappa shape index (κ3) is 4.80. The molecule has 1 atom stereocenters. The number of benzene rings is 2. The molecule has 1 fully saturated rings. The molecule has 3 aromatic rings. The lowest BCUT2D eigenvalue weighted by Gasteiger charge is -2.24. The zero-order valence-corrected chi connectivity index (χ0v) is 16.1. The number of carbonyl (C=O) groups excluding carboxylic acids is 1. The molecule has 148 valence electrons. The lowest BCUT2D eigenvalue weighted by Crippen LogP contribution is -2.34. The van der Waals surface area contributed by atoms with Gasteiger partial charge in [-0.15, -0.1) is 0 Å². The first-order chi connectivity index (χ1) is 14.2. The number of pyridine rings is 1. The Balaban J connectivity index is 1.43. The summed E-state index contributed by atoms with van der Waals surface area (Å²) in [7, 11) is 0. The number of hydrogen-bond acceptors (Lipinski definition) is 3. The number of likely N-dealkylation sites (tertiary alicyclic amines) is 1. The highest BCUT2D eigenvalue weighted by atomic mass is 19.1. The first-order valence-electron chi connectivity index (χ1n) is 9.86. The van der Waals surface area contributed by atoms with Gasteiger partial charge in [-0.1, -0.05) is 36.4 Å². The summed E-state index contributed by atoms with van der Waals surface area (Å²) in [5, 5.41) is 0. The van der Waals surface area contributed by atoms with Crippen molar-refractivity contribution in [3.8, 4) is 5.75 Å². The highest BCUT2D eigenvalue weighted by molar-refractivity contribution is 5.78. The summed E-state index contributed by atoms with van der Waals surface area (Å²) in [4.78, 5) is 19.4. The molecule has 0 aliphatic carbocycles. The molecule has 0 radical (unpaired) electrons. The highest BCUT2D eigenvalue weighted by Gasteiger charge is 2.31. The Morgan fingerprint density at radius 2 is 1.83 bits per heavy atom. The standard InChI is InChI=1S/C24H23FN2O2/c25-19-11-13-21(14-12-19)29-17-24(28)27-15-5-10-23(27)22-9-4-8-20(26-22)16-18-6-2-1-3-7-18/h1-4,6-9,11-14,23H,5,10,15-17H2. The average molecular weight is 390 g/mol. The fraction of sp³-hybridized carbons (Fsp3) is 0.250. The fourth-order valence-electron chi connectivity index (χ4n) is 3.72. The average Bonchev–Trinajstić information content (AvgIpc) is 3.24. The van der Waals surface area contributed by atoms with Crippen LogP contribution in [-0.4, -0.2) is 28.9 Å². The van der Waals surface area contributed by atoms with Gasteiger partial charge in [0.25, 0.3) is 5.91 Å². The van der Waals surface area contributed by atoms with Gasteiger partial charge in [0.05, 0.1) is 11.7 Å². The van der Waals surface area contributed by atoms with Crippen molar-refractivity contribution >= 4 is 5.91 Å². The number of ether oxygens (including phenoxy) is 1. The van der Waals surface area contributed by atoms with Gasteiger partial charge < -0.3 is 9.64 Å². The second kappa shape index (κ2) is 8.86. The molecule has 2 heterocycles. The summed E-state index contributed by atoms with van der Waals surface area (Å²) >= 11 is 0. The van der Waals surface area contributed by atoms with Crippen LogP contribution in [0.2, 0.25) is 0 Å². The van der Waals surface area contributed by atoms with E-state index in [1.54, 1.807) is 0 Å². The summed E-state index contributed by atoms with van der Waals surface area (Å²) in [5.41, 5.74) is 3.13. The lowest BCUT2D eigenvalue weighted by molar-refractivity contribution is -0.134. The van der Waals surface area contributed by atoms with E-state index >= 15 is 0 Å². The Kier molecular flexibility index (Phi) is 5.84. The van der Waals surface area contributed by atoms with Crippen LogP contribution >= 0.6 is 0 Å². The molecular formula is C24H23FN2O2. The smallest absolute Gasteiger partial charge is 0.261 e. The predicted molar refractivity (Wildman–Crippen MR) is 109 cm³/mol. The molecule has 29 heavy (non-hydrogen) atoms. The van der Waals surface area contributed by atoms with Crippen molar-refractivity contribution in [2.24, 2.45) is 0 Å². The van der Waals surface area contributed by atoms with Crippen molar-refractivity contribution in [3.63, 3.8) is 0 Å². The van der Waals surface area contributed by atoms with Crippen molar-refractivity contribution in [3.05, 3.63) is 95.6 Å². The maximum absolute atomic E-state index is 13.0. The molecule has 1 saturated heterocycles. The second-order valence-corrected chi connectivity index (χ2v) is 7.20. The first-order valence-corrected chi connectivity index (χ1v) is 9.86. The van der Waals surface area contributed by atoms with E-state index in [2.05, 4.69) is 12.1 Å². The van der Waals surface area contributed by atoms with Crippen LogP contribution in [0.25, 0.3) is 0 Å². The van der Waals surface area contributed by atoms with Crippen LogP contribution in [0.3, 0.4) is 0 Å². The SMILES string of the molecule is O=C(COc1ccc(F)cc1)N1CCCC1c1cccc(Cc2ccccc2)n1. The van der Waals surface area contributed by atoms with Crippen LogP contribution in [-0.2, 0) is 11.2 Å². The summed E-state index contributed by atoms with van der Waals surface area (Å²) in [6.07, 6.45) is 2.60. The van der Waals surface area contributed by atoms with E-state index in [9.17, 15) is 9.18 Å². The van der Waals surface area contributed by atoms with Gasteiger partial charge in [-0.05, 0) is 54.8 Å². The molecule has 1 aliphatic heterocycles. The van der Waals surface area contributed by atoms with Crippen molar-refractivity contribution in [1.82, 2.24) is 9.88 Å². The molecular weight excluding hydrogens is 367 g/mol. The van der Waals surface area contributed by atoms with Gasteiger partial charge in [0, 0.05) is 18.7 Å². The Morgan fingerprint density at radius 1 is 1.03 bits per heavy atom. The van der Waals surface area contributed by atoms with Crippen LogP contribution in [0, 0.1) is 5.82 Å². The van der Waals surface area contributed by atoms with Crippen molar-refractivity contribution in [2.75, 3.05) is 13.2 Å². The molecule has 2 aromatic carbocycles. The van der Waals surface area contributed by atoms with E-state index in [4.69, 9.17) is 9.72 Å². The maximum atomic E-state index is 13.0. The van der Waals surface area contributed by atoms with Gasteiger partial charge in [0.1, 0.15) is 11.6 Å². The number of aromatic nitrogens is 1. The van der Waals surface area contributed by atoms with Gasteiger partial charge >= 0.3 is 0 Å². The van der Waals surface area contributed by atoms with Gasteiger partial charge in [-0.2, -0.15) is 0 Å². The van der Waals surface area contributed by atoms with Crippen LogP contribution in [0.5, 0.6) is 5.75 Å². The zero-order valence-electron chi connectivity index (χ0n) is 16.1. The topological polar surface area (TPSA) is 42.4 Å². The van der Waals surface area contributed by atoms with Crippen molar-refractivity contribution in [1.29, 1.82) is 0 Å². The minimum absolute atomic E-state index is 0.0324. The van der Waals surface area contributed by atoms with Gasteiger partial charge in [0.15, 0.2) is 6.61 Å². The molecule has 1 aromatic heterocycles. The van der Waals surface area contributed by atoms with E-state index in [-0.39, 0.29) is 24.4 Å². The predicted octanol–water partition coefficient (Wildman–Crippen LogP) is 4.55. The summed E-state index contributed by atoms with van der Waals surface area (Å²) in [6, 6.07) is 21.9. The van der Waals surface area contributed by atoms with Crippen LogP contribution in [0.15, 0.2) is 72.8 Å². The monoisotopic (exact) mass is 390 g/mol. The molecule has 0 N–H and O–H groups in total. The van der Waals surface area contributed by atoms with E-state index in [1.165, 1.54) is 29.8 Å². The number of carbonyl (C=O) groups is 1. The third-order valence-corrected chi connectivity index (χ3v) is 5.15. The third-order valence-electron chi connectivity index (χ3n) is 5.15. The molecule has 1 unspecified atom stereocenters. The summed E-state index contributed by atoms with van der Waals surface area (Å²) in [5.74, 6) is 0.0790. The van der Waals surface area contributed by atoms with Crippen LogP contribution in [0.4, 0.5) is 4.39 Å². The molecule has 0 spiro atoms. The number of rotatable bonds is 6. The number of nitrogens with zero attached hydrogens (tertiary/aromatic N) is 2.